The van der Waals surface area contributed by atoms with Gasteiger partial charge in [-0.2, -0.15) is 0 Å². The fourth-order valence-corrected chi connectivity index (χ4v) is 4.01. The maximum Gasteiger partial charge on any atom is 0.241 e. The molecule has 2 N–H and O–H groups in total. The molecule has 0 bridgehead atoms. The predicted octanol–water partition coefficient (Wildman–Crippen LogP) is 4.47. The van der Waals surface area contributed by atoms with E-state index in [2.05, 4.69) is 15.9 Å². The number of hydrogen-bond acceptors (Lipinski definition) is 2. The first-order valence-electron chi connectivity index (χ1n) is 7.27. The lowest BCUT2D eigenvalue weighted by Gasteiger charge is -2.11. The summed E-state index contributed by atoms with van der Waals surface area (Å²) >= 11 is 3.41. The fraction of sp³-hybridized carbons (Fsp3) is 0.176. The van der Waals surface area contributed by atoms with Crippen LogP contribution in [0, 0.1) is 11.6 Å². The Balaban J connectivity index is 2.17. The average Bonchev–Trinajstić information content (AvgIpc) is 2.97. The SMILES string of the molecule is NS(=O)(=O)c1cc(F)c(C2=C(c3cccc(Br)c3)CCC2)cc1F. The molecule has 1 aliphatic rings. The molecule has 3 rings (SSSR count). The molecule has 0 unspecified atom stereocenters. The van der Waals surface area contributed by atoms with Crippen molar-refractivity contribution in [2.75, 3.05) is 0 Å². The van der Waals surface area contributed by atoms with E-state index in [1.807, 2.05) is 24.3 Å². The molecule has 0 amide bonds. The minimum absolute atomic E-state index is 0.0902. The van der Waals surface area contributed by atoms with E-state index < -0.39 is 26.6 Å². The van der Waals surface area contributed by atoms with Gasteiger partial charge in [0.1, 0.15) is 16.5 Å². The largest absolute Gasteiger partial charge is 0.241 e. The van der Waals surface area contributed by atoms with Gasteiger partial charge < -0.3 is 0 Å². The Bertz CT molecular complexity index is 955. The monoisotopic (exact) mass is 413 g/mol. The van der Waals surface area contributed by atoms with E-state index in [-0.39, 0.29) is 5.56 Å². The normalized spacial score (nSPS) is 15.2. The van der Waals surface area contributed by atoms with Crippen LogP contribution in [0.5, 0.6) is 0 Å². The molecule has 0 saturated carbocycles. The second-order valence-corrected chi connectivity index (χ2v) is 8.07. The Morgan fingerprint density at radius 1 is 1.00 bits per heavy atom. The Labute approximate surface area is 147 Å². The Morgan fingerprint density at radius 3 is 2.38 bits per heavy atom. The third-order valence-corrected chi connectivity index (χ3v) is 5.46. The maximum absolute atomic E-state index is 14.5. The molecule has 0 aromatic heterocycles. The van der Waals surface area contributed by atoms with Gasteiger partial charge in [0, 0.05) is 10.0 Å². The lowest BCUT2D eigenvalue weighted by Crippen LogP contribution is -2.15. The molecule has 126 valence electrons. The van der Waals surface area contributed by atoms with Crippen molar-refractivity contribution in [3.63, 3.8) is 0 Å². The van der Waals surface area contributed by atoms with Gasteiger partial charge in [0.05, 0.1) is 0 Å². The number of nitrogens with two attached hydrogens (primary N) is 1. The molecule has 0 radical (unpaired) electrons. The third kappa shape index (κ3) is 3.29. The molecule has 1 aliphatic carbocycles. The van der Waals surface area contributed by atoms with Gasteiger partial charge in [0.25, 0.3) is 0 Å². The van der Waals surface area contributed by atoms with Gasteiger partial charge in [-0.1, -0.05) is 28.1 Å². The quantitative estimate of drug-likeness (QED) is 0.806. The molecule has 0 heterocycles. The van der Waals surface area contributed by atoms with Crippen molar-refractivity contribution in [3.8, 4) is 0 Å². The van der Waals surface area contributed by atoms with Gasteiger partial charge in [-0.25, -0.2) is 22.3 Å². The topological polar surface area (TPSA) is 60.2 Å². The van der Waals surface area contributed by atoms with Crippen molar-refractivity contribution in [2.24, 2.45) is 5.14 Å². The molecule has 3 nitrogen and oxygen atoms in total. The summed E-state index contributed by atoms with van der Waals surface area (Å²) in [5.41, 5.74) is 2.67. The fourth-order valence-electron chi connectivity index (χ4n) is 3.01. The van der Waals surface area contributed by atoms with Gasteiger partial charge >= 0.3 is 0 Å². The van der Waals surface area contributed by atoms with Crippen molar-refractivity contribution in [2.45, 2.75) is 24.2 Å². The van der Waals surface area contributed by atoms with Gasteiger partial charge in [0.2, 0.25) is 10.0 Å². The number of halogens is 3. The molecule has 7 heteroatoms. The van der Waals surface area contributed by atoms with Crippen LogP contribution in [0.25, 0.3) is 11.1 Å². The number of allylic oxidation sites excluding steroid dienone is 2. The van der Waals surface area contributed by atoms with E-state index in [1.54, 1.807) is 0 Å². The maximum atomic E-state index is 14.5. The number of benzene rings is 2. The molecule has 2 aromatic rings. The van der Waals surface area contributed by atoms with Crippen LogP contribution in [0.15, 0.2) is 45.8 Å². The number of primary sulfonamides is 1. The van der Waals surface area contributed by atoms with E-state index in [0.717, 1.165) is 34.5 Å². The summed E-state index contributed by atoms with van der Waals surface area (Å²) in [7, 11) is -4.30. The van der Waals surface area contributed by atoms with Crippen LogP contribution in [0.3, 0.4) is 0 Å². The van der Waals surface area contributed by atoms with Crippen molar-refractivity contribution in [1.82, 2.24) is 0 Å². The molecule has 0 fully saturated rings. The van der Waals surface area contributed by atoms with Crippen LogP contribution in [-0.2, 0) is 10.0 Å². The summed E-state index contributed by atoms with van der Waals surface area (Å²) in [4.78, 5) is -0.827. The predicted molar refractivity (Wildman–Crippen MR) is 92.5 cm³/mol. The third-order valence-electron chi connectivity index (χ3n) is 4.04. The highest BCUT2D eigenvalue weighted by molar-refractivity contribution is 9.10. The Hall–Kier alpha value is -1.57. The molecular weight excluding hydrogens is 400 g/mol. The second-order valence-electron chi connectivity index (χ2n) is 5.63. The molecule has 0 spiro atoms. The highest BCUT2D eigenvalue weighted by Gasteiger charge is 2.24. The molecule has 2 aromatic carbocycles. The lowest BCUT2D eigenvalue weighted by atomic mass is 9.96. The molecule has 0 atom stereocenters. The highest BCUT2D eigenvalue weighted by Crippen LogP contribution is 2.41. The number of rotatable bonds is 3. The zero-order valence-electron chi connectivity index (χ0n) is 12.5. The molecule has 0 aliphatic heterocycles. The van der Waals surface area contributed by atoms with Crippen molar-refractivity contribution < 1.29 is 17.2 Å². The molecular formula is C17H14BrF2NO2S. The molecule has 24 heavy (non-hydrogen) atoms. The minimum atomic E-state index is -4.30. The van der Waals surface area contributed by atoms with Crippen molar-refractivity contribution in [1.29, 1.82) is 0 Å². The Morgan fingerprint density at radius 2 is 1.71 bits per heavy atom. The van der Waals surface area contributed by atoms with Gasteiger partial charge in [-0.3, -0.25) is 0 Å². The summed E-state index contributed by atoms with van der Waals surface area (Å²) in [6, 6.07) is 9.19. The van der Waals surface area contributed by atoms with E-state index >= 15 is 0 Å². The van der Waals surface area contributed by atoms with Crippen LogP contribution in [0.4, 0.5) is 8.78 Å². The first-order chi connectivity index (χ1) is 11.3. The van der Waals surface area contributed by atoms with E-state index in [0.29, 0.717) is 18.1 Å². The standard InChI is InChI=1S/C17H14BrF2NO2S/c18-11-4-1-3-10(7-11)12-5-2-6-13(12)14-8-16(20)17(9-15(14)19)24(21,22)23/h1,3-4,7-9H,2,5-6H2,(H2,21,22,23). The van der Waals surface area contributed by atoms with Gasteiger partial charge in [-0.05, 0) is 60.2 Å². The number of sulfonamides is 1. The van der Waals surface area contributed by atoms with E-state index in [1.165, 1.54) is 0 Å². The van der Waals surface area contributed by atoms with Crippen LogP contribution >= 0.6 is 15.9 Å². The van der Waals surface area contributed by atoms with Gasteiger partial charge in [-0.15, -0.1) is 0 Å². The van der Waals surface area contributed by atoms with Crippen molar-refractivity contribution >= 4 is 37.1 Å². The van der Waals surface area contributed by atoms with Crippen LogP contribution < -0.4 is 5.14 Å². The van der Waals surface area contributed by atoms with Crippen LogP contribution in [0.1, 0.15) is 30.4 Å². The van der Waals surface area contributed by atoms with Crippen LogP contribution in [-0.4, -0.2) is 8.42 Å². The average molecular weight is 414 g/mol. The summed E-state index contributed by atoms with van der Waals surface area (Å²) in [5.74, 6) is -1.83. The van der Waals surface area contributed by atoms with E-state index in [4.69, 9.17) is 5.14 Å². The summed E-state index contributed by atoms with van der Waals surface area (Å²) < 4.78 is 52.1. The first kappa shape index (κ1) is 17.3. The minimum Gasteiger partial charge on any atom is -0.225 e. The summed E-state index contributed by atoms with van der Waals surface area (Å²) in [5, 5.41) is 4.91. The van der Waals surface area contributed by atoms with Crippen molar-refractivity contribution in [3.05, 3.63) is 63.6 Å². The lowest BCUT2D eigenvalue weighted by molar-refractivity contribution is 0.552. The van der Waals surface area contributed by atoms with E-state index in [9.17, 15) is 17.2 Å². The highest BCUT2D eigenvalue weighted by atomic mass is 79.9. The molecule has 0 saturated heterocycles. The summed E-state index contributed by atoms with van der Waals surface area (Å²) in [6.45, 7) is 0. The first-order valence-corrected chi connectivity index (χ1v) is 9.61. The number of hydrogen-bond donors (Lipinski definition) is 1. The smallest absolute Gasteiger partial charge is 0.225 e. The van der Waals surface area contributed by atoms with Crippen LogP contribution in [0.2, 0.25) is 0 Å². The van der Waals surface area contributed by atoms with Gasteiger partial charge in [0.15, 0.2) is 0 Å². The second kappa shape index (κ2) is 6.38. The zero-order valence-corrected chi connectivity index (χ0v) is 14.9. The Kier molecular flexibility index (Phi) is 4.59. The summed E-state index contributed by atoms with van der Waals surface area (Å²) in [6.07, 6.45) is 2.19. The zero-order chi connectivity index (χ0) is 17.5.